The van der Waals surface area contributed by atoms with Crippen LogP contribution in [-0.2, 0) is 4.79 Å². The van der Waals surface area contributed by atoms with Crippen LogP contribution in [0.15, 0.2) is 0 Å². The maximum atomic E-state index is 11.0. The lowest BCUT2D eigenvalue weighted by Gasteiger charge is -2.40. The second-order valence-corrected chi connectivity index (χ2v) is 4.44. The first-order chi connectivity index (χ1) is 6.42. The van der Waals surface area contributed by atoms with Crippen LogP contribution in [0.25, 0.3) is 0 Å². The van der Waals surface area contributed by atoms with Crippen molar-refractivity contribution in [2.45, 2.75) is 50.7 Å². The largest absolute Gasteiger partial charge is 0.480 e. The highest BCUT2D eigenvalue weighted by Gasteiger charge is 2.44. The fraction of sp³-hybridized carbons (Fsp3) is 0.900. The maximum absolute atomic E-state index is 11.0. The van der Waals surface area contributed by atoms with Gasteiger partial charge in [-0.15, -0.1) is 0 Å². The minimum atomic E-state index is -0.807. The summed E-state index contributed by atoms with van der Waals surface area (Å²) in [5.41, 5.74) is -1.57. The van der Waals surface area contributed by atoms with Crippen LogP contribution < -0.4 is 5.32 Å². The Morgan fingerprint density at radius 1 is 1.57 bits per heavy atom. The Balaban J connectivity index is 2.47. The van der Waals surface area contributed by atoms with E-state index in [-0.39, 0.29) is 0 Å². The monoisotopic (exact) mass is 201 g/mol. The summed E-state index contributed by atoms with van der Waals surface area (Å²) >= 11 is 0. The Hall–Kier alpha value is -0.610. The van der Waals surface area contributed by atoms with E-state index in [1.54, 1.807) is 6.92 Å². The quantitative estimate of drug-likeness (QED) is 0.613. The van der Waals surface area contributed by atoms with Gasteiger partial charge in [-0.3, -0.25) is 10.1 Å². The Morgan fingerprint density at radius 2 is 2.14 bits per heavy atom. The van der Waals surface area contributed by atoms with Crippen LogP contribution in [0.1, 0.15) is 39.5 Å². The van der Waals surface area contributed by atoms with Gasteiger partial charge in [-0.05, 0) is 32.6 Å². The van der Waals surface area contributed by atoms with Crippen molar-refractivity contribution in [3.8, 4) is 0 Å². The van der Waals surface area contributed by atoms with E-state index in [4.69, 9.17) is 5.11 Å². The van der Waals surface area contributed by atoms with E-state index < -0.39 is 17.1 Å². The number of carbonyl (C=O) groups is 1. The van der Waals surface area contributed by atoms with Gasteiger partial charge >= 0.3 is 5.97 Å². The lowest BCUT2D eigenvalue weighted by molar-refractivity contribution is -0.149. The number of nitrogens with one attached hydrogen (secondary N) is 1. The summed E-state index contributed by atoms with van der Waals surface area (Å²) in [7, 11) is 0. The lowest BCUT2D eigenvalue weighted by atomic mass is 9.76. The molecule has 1 atom stereocenters. The summed E-state index contributed by atoms with van der Waals surface area (Å²) in [5, 5.41) is 21.7. The molecule has 0 saturated heterocycles. The fourth-order valence-corrected chi connectivity index (χ4v) is 1.48. The molecule has 3 N–H and O–H groups in total. The van der Waals surface area contributed by atoms with E-state index >= 15 is 0 Å². The van der Waals surface area contributed by atoms with Crippen LogP contribution in [0.4, 0.5) is 0 Å². The number of β-amino-alcohol motifs (C(OH)–C–C–N with tert-alkyl or cyclic N) is 1. The van der Waals surface area contributed by atoms with Gasteiger partial charge in [0.05, 0.1) is 5.60 Å². The molecule has 0 heterocycles. The molecule has 82 valence electrons. The van der Waals surface area contributed by atoms with Gasteiger partial charge in [0.25, 0.3) is 0 Å². The minimum absolute atomic E-state index is 0.343. The standard InChI is InChI=1S/C10H19NO3/c1-3-9(2,14)7-11-10(8(12)13)5-4-6-10/h11,14H,3-7H2,1-2H3,(H,12,13). The predicted octanol–water partition coefficient (Wildman–Crippen LogP) is 0.744. The third-order valence-electron chi connectivity index (χ3n) is 3.19. The molecule has 1 fully saturated rings. The molecule has 1 aliphatic carbocycles. The van der Waals surface area contributed by atoms with E-state index in [1.807, 2.05) is 6.92 Å². The Morgan fingerprint density at radius 3 is 2.43 bits per heavy atom. The molecule has 0 aromatic carbocycles. The van der Waals surface area contributed by atoms with E-state index in [1.165, 1.54) is 0 Å². The zero-order valence-corrected chi connectivity index (χ0v) is 8.84. The number of aliphatic carboxylic acids is 1. The van der Waals surface area contributed by atoms with E-state index in [9.17, 15) is 9.90 Å². The molecule has 14 heavy (non-hydrogen) atoms. The molecule has 1 aliphatic rings. The summed E-state index contributed by atoms with van der Waals surface area (Å²) in [6.07, 6.45) is 2.91. The molecule has 4 heteroatoms. The van der Waals surface area contributed by atoms with Gasteiger partial charge in [-0.2, -0.15) is 0 Å². The third-order valence-corrected chi connectivity index (χ3v) is 3.19. The summed E-state index contributed by atoms with van der Waals surface area (Å²) in [5.74, 6) is -0.796. The number of rotatable bonds is 5. The van der Waals surface area contributed by atoms with Crippen molar-refractivity contribution >= 4 is 5.97 Å². The molecule has 0 spiro atoms. The van der Waals surface area contributed by atoms with Crippen molar-refractivity contribution in [2.24, 2.45) is 0 Å². The average Bonchev–Trinajstić information content (AvgIpc) is 2.01. The average molecular weight is 201 g/mol. The van der Waals surface area contributed by atoms with Gasteiger partial charge in [0.1, 0.15) is 5.54 Å². The molecule has 0 radical (unpaired) electrons. The number of aliphatic hydroxyl groups is 1. The molecule has 4 nitrogen and oxygen atoms in total. The first-order valence-electron chi connectivity index (χ1n) is 5.13. The summed E-state index contributed by atoms with van der Waals surface area (Å²) in [6, 6.07) is 0. The lowest BCUT2D eigenvalue weighted by Crippen LogP contribution is -2.60. The molecular weight excluding hydrogens is 182 g/mol. The Kier molecular flexibility index (Phi) is 3.17. The normalized spacial score (nSPS) is 23.6. The number of carboxylic acids is 1. The van der Waals surface area contributed by atoms with Crippen LogP contribution in [0.5, 0.6) is 0 Å². The van der Waals surface area contributed by atoms with Crippen LogP contribution >= 0.6 is 0 Å². The third kappa shape index (κ3) is 2.25. The molecule has 0 bridgehead atoms. The van der Waals surface area contributed by atoms with Crippen LogP contribution in [-0.4, -0.2) is 33.9 Å². The zero-order valence-electron chi connectivity index (χ0n) is 8.84. The topological polar surface area (TPSA) is 69.6 Å². The van der Waals surface area contributed by atoms with E-state index in [0.717, 1.165) is 6.42 Å². The maximum Gasteiger partial charge on any atom is 0.323 e. The molecule has 1 rings (SSSR count). The zero-order chi connectivity index (χ0) is 10.8. The van der Waals surface area contributed by atoms with Crippen LogP contribution in [0.3, 0.4) is 0 Å². The van der Waals surface area contributed by atoms with Gasteiger partial charge in [0, 0.05) is 6.54 Å². The second kappa shape index (κ2) is 3.87. The SMILES string of the molecule is CCC(C)(O)CNC1(C(=O)O)CCC1. The molecular formula is C10H19NO3. The van der Waals surface area contributed by atoms with Gasteiger partial charge in [-0.25, -0.2) is 0 Å². The van der Waals surface area contributed by atoms with Gasteiger partial charge in [-0.1, -0.05) is 6.92 Å². The van der Waals surface area contributed by atoms with E-state index in [2.05, 4.69) is 5.32 Å². The second-order valence-electron chi connectivity index (χ2n) is 4.44. The first kappa shape index (κ1) is 11.5. The molecule has 0 aliphatic heterocycles. The fourth-order valence-electron chi connectivity index (χ4n) is 1.48. The number of hydrogen-bond acceptors (Lipinski definition) is 3. The van der Waals surface area contributed by atoms with Crippen LogP contribution in [0.2, 0.25) is 0 Å². The van der Waals surface area contributed by atoms with Crippen molar-refractivity contribution in [2.75, 3.05) is 6.54 Å². The Bertz CT molecular complexity index is 221. The van der Waals surface area contributed by atoms with Crippen LogP contribution in [0, 0.1) is 0 Å². The smallest absolute Gasteiger partial charge is 0.323 e. The molecule has 1 unspecified atom stereocenters. The van der Waals surface area contributed by atoms with Crippen molar-refractivity contribution in [3.05, 3.63) is 0 Å². The Labute approximate surface area is 84.3 Å². The summed E-state index contributed by atoms with van der Waals surface area (Å²) < 4.78 is 0. The number of hydrogen-bond donors (Lipinski definition) is 3. The van der Waals surface area contributed by atoms with Gasteiger partial charge in [0.15, 0.2) is 0 Å². The molecule has 0 amide bonds. The highest BCUT2D eigenvalue weighted by molar-refractivity contribution is 5.79. The van der Waals surface area contributed by atoms with Crippen molar-refractivity contribution in [1.82, 2.24) is 5.32 Å². The highest BCUT2D eigenvalue weighted by Crippen LogP contribution is 2.32. The first-order valence-corrected chi connectivity index (χ1v) is 5.13. The molecule has 0 aromatic heterocycles. The minimum Gasteiger partial charge on any atom is -0.480 e. The van der Waals surface area contributed by atoms with E-state index in [0.29, 0.717) is 25.8 Å². The van der Waals surface area contributed by atoms with Gasteiger partial charge < -0.3 is 10.2 Å². The van der Waals surface area contributed by atoms with Crippen molar-refractivity contribution in [3.63, 3.8) is 0 Å². The number of carboxylic acid groups (broad SMARTS) is 1. The summed E-state index contributed by atoms with van der Waals surface area (Å²) in [4.78, 5) is 11.0. The van der Waals surface area contributed by atoms with Gasteiger partial charge in [0.2, 0.25) is 0 Å². The predicted molar refractivity (Wildman–Crippen MR) is 53.1 cm³/mol. The molecule has 1 saturated carbocycles. The van der Waals surface area contributed by atoms with Crippen molar-refractivity contribution in [1.29, 1.82) is 0 Å². The summed E-state index contributed by atoms with van der Waals surface area (Å²) in [6.45, 7) is 3.94. The van der Waals surface area contributed by atoms with Crippen molar-refractivity contribution < 1.29 is 15.0 Å². The molecule has 0 aromatic rings. The highest BCUT2D eigenvalue weighted by atomic mass is 16.4.